The summed E-state index contributed by atoms with van der Waals surface area (Å²) in [6.07, 6.45) is 13.3. The second kappa shape index (κ2) is 9.24. The Bertz CT molecular complexity index is 1480. The van der Waals surface area contributed by atoms with Crippen molar-refractivity contribution < 1.29 is 4.79 Å². The minimum atomic E-state index is -0.281. The largest absolute Gasteiger partial charge is 0.328 e. The molecular weight excluding hydrogens is 448 g/mol. The van der Waals surface area contributed by atoms with Gasteiger partial charge in [-0.2, -0.15) is 5.26 Å². The first kappa shape index (κ1) is 23.8. The van der Waals surface area contributed by atoms with Gasteiger partial charge in [0.2, 0.25) is 5.91 Å². The van der Waals surface area contributed by atoms with Crippen LogP contribution in [0.15, 0.2) is 18.5 Å². The van der Waals surface area contributed by atoms with Gasteiger partial charge in [0, 0.05) is 41.7 Å². The first-order valence-corrected chi connectivity index (χ1v) is 12.5. The number of terminal acetylenes is 1. The Labute approximate surface area is 211 Å². The first-order valence-electron chi connectivity index (χ1n) is 12.5. The fraction of sp³-hybridized carbons (Fsp3) is 0.414. The Morgan fingerprint density at radius 1 is 1.17 bits per heavy atom. The van der Waals surface area contributed by atoms with Crippen LogP contribution in [-0.2, 0) is 11.8 Å². The molecule has 182 valence electrons. The predicted octanol–water partition coefficient (Wildman–Crippen LogP) is 4.63. The van der Waals surface area contributed by atoms with Crippen LogP contribution >= 0.6 is 0 Å². The van der Waals surface area contributed by atoms with Crippen LogP contribution in [0.4, 0.5) is 0 Å². The highest BCUT2D eigenvalue weighted by Gasteiger charge is 2.35. The molecule has 0 saturated carbocycles. The zero-order chi connectivity index (χ0) is 25.6. The maximum Gasteiger partial charge on any atom is 0.227 e. The van der Waals surface area contributed by atoms with Gasteiger partial charge in [-0.25, -0.2) is 15.0 Å². The number of nitriles is 1. The van der Waals surface area contributed by atoms with Crippen molar-refractivity contribution in [3.63, 3.8) is 0 Å². The molecule has 0 spiro atoms. The van der Waals surface area contributed by atoms with Crippen LogP contribution in [0.3, 0.4) is 0 Å². The molecule has 2 atom stereocenters. The van der Waals surface area contributed by atoms with Crippen LogP contribution in [-0.4, -0.2) is 42.9 Å². The van der Waals surface area contributed by atoms with Gasteiger partial charge < -0.3 is 9.47 Å². The molecule has 0 aromatic carbocycles. The fourth-order valence-corrected chi connectivity index (χ4v) is 5.95. The molecular formula is C29H30N6O. The van der Waals surface area contributed by atoms with Gasteiger partial charge in [0.25, 0.3) is 0 Å². The summed E-state index contributed by atoms with van der Waals surface area (Å²) in [4.78, 5) is 28.8. The minimum absolute atomic E-state index is 0.0847. The number of fused-ring (bicyclic) bond motifs is 1. The molecule has 0 N–H and O–H groups in total. The summed E-state index contributed by atoms with van der Waals surface area (Å²) in [7, 11) is 2.03. The van der Waals surface area contributed by atoms with E-state index in [4.69, 9.17) is 6.42 Å². The summed E-state index contributed by atoms with van der Waals surface area (Å²) in [5, 5.41) is 10.5. The van der Waals surface area contributed by atoms with Gasteiger partial charge in [0.05, 0.1) is 17.5 Å². The lowest BCUT2D eigenvalue weighted by atomic mass is 9.83. The highest BCUT2D eigenvalue weighted by Crippen LogP contribution is 2.44. The summed E-state index contributed by atoms with van der Waals surface area (Å²) < 4.78 is 2.13. The Morgan fingerprint density at radius 2 is 1.97 bits per heavy atom. The monoisotopic (exact) mass is 478 g/mol. The average Bonchev–Trinajstić information content (AvgIpc) is 3.47. The van der Waals surface area contributed by atoms with Crippen LogP contribution in [0, 0.1) is 50.4 Å². The summed E-state index contributed by atoms with van der Waals surface area (Å²) in [5.74, 6) is 2.69. The van der Waals surface area contributed by atoms with Crippen LogP contribution in [0.2, 0.25) is 0 Å². The number of hydrogen-bond acceptors (Lipinski definition) is 5. The molecule has 1 amide bonds. The molecule has 1 saturated heterocycles. The standard InChI is InChI=1S/C29H30N6O/c1-6-22-14-17(2)24(19(4)33-22)27-26(25-18(3)31-16-32-28(25)34(27)5)20-9-11-21(12-10-20)29(36)35-13-7-8-23(35)15-30/h1,9,14,16,21,23H,7-8,10-13H2,2-5H3/t21-,23?/m1/s1. The molecule has 7 nitrogen and oxygen atoms in total. The van der Waals surface area contributed by atoms with Gasteiger partial charge in [0.15, 0.2) is 0 Å². The van der Waals surface area contributed by atoms with Crippen LogP contribution in [0.5, 0.6) is 0 Å². The number of allylic oxidation sites excluding steroid dienone is 2. The Kier molecular flexibility index (Phi) is 6.10. The van der Waals surface area contributed by atoms with Crippen molar-refractivity contribution in [3.8, 4) is 29.7 Å². The highest BCUT2D eigenvalue weighted by molar-refractivity contribution is 6.01. The summed E-state index contributed by atoms with van der Waals surface area (Å²) >= 11 is 0. The van der Waals surface area contributed by atoms with Gasteiger partial charge in [0.1, 0.15) is 23.7 Å². The normalized spacial score (nSPS) is 19.7. The van der Waals surface area contributed by atoms with Gasteiger partial charge in [-0.15, -0.1) is 6.42 Å². The van der Waals surface area contributed by atoms with Gasteiger partial charge in [-0.05, 0) is 70.1 Å². The Hall–Kier alpha value is -3.97. The van der Waals surface area contributed by atoms with Crippen molar-refractivity contribution in [1.29, 1.82) is 5.26 Å². The van der Waals surface area contributed by atoms with E-state index in [-0.39, 0.29) is 17.9 Å². The zero-order valence-corrected chi connectivity index (χ0v) is 21.3. The van der Waals surface area contributed by atoms with Crippen LogP contribution in [0.1, 0.15) is 60.3 Å². The van der Waals surface area contributed by atoms with E-state index in [2.05, 4.69) is 44.5 Å². The molecule has 0 radical (unpaired) electrons. The molecule has 1 unspecified atom stereocenters. The van der Waals surface area contributed by atoms with E-state index >= 15 is 0 Å². The molecule has 1 fully saturated rings. The molecule has 5 rings (SSSR count). The first-order chi connectivity index (χ1) is 17.3. The van der Waals surface area contributed by atoms with E-state index in [1.807, 2.05) is 27.0 Å². The van der Waals surface area contributed by atoms with E-state index in [1.54, 1.807) is 11.2 Å². The Balaban J connectivity index is 1.61. The van der Waals surface area contributed by atoms with Crippen molar-refractivity contribution in [2.24, 2.45) is 13.0 Å². The number of likely N-dealkylation sites (tertiary alicyclic amines) is 1. The summed E-state index contributed by atoms with van der Waals surface area (Å²) in [6, 6.07) is 3.97. The topological polar surface area (TPSA) is 87.7 Å². The molecule has 3 aromatic rings. The summed E-state index contributed by atoms with van der Waals surface area (Å²) in [5.41, 5.74) is 8.80. The van der Waals surface area contributed by atoms with Crippen LogP contribution < -0.4 is 0 Å². The van der Waals surface area contributed by atoms with Gasteiger partial charge >= 0.3 is 0 Å². The molecule has 36 heavy (non-hydrogen) atoms. The zero-order valence-electron chi connectivity index (χ0n) is 21.3. The van der Waals surface area contributed by atoms with Crippen molar-refractivity contribution in [2.75, 3.05) is 6.54 Å². The molecule has 1 aliphatic heterocycles. The number of carbonyl (C=O) groups excluding carboxylic acids is 1. The summed E-state index contributed by atoms with van der Waals surface area (Å²) in [6.45, 7) is 6.76. The number of hydrogen-bond donors (Lipinski definition) is 0. The smallest absolute Gasteiger partial charge is 0.227 e. The molecule has 1 aliphatic carbocycles. The third-order valence-corrected chi connectivity index (χ3v) is 7.71. The van der Waals surface area contributed by atoms with E-state index < -0.39 is 0 Å². The average molecular weight is 479 g/mol. The fourth-order valence-electron chi connectivity index (χ4n) is 5.95. The molecule has 2 aliphatic rings. The molecule has 4 heterocycles. The van der Waals surface area contributed by atoms with Crippen molar-refractivity contribution in [1.82, 2.24) is 24.4 Å². The third kappa shape index (κ3) is 3.76. The van der Waals surface area contributed by atoms with Gasteiger partial charge in [-0.1, -0.05) is 12.0 Å². The number of nitrogens with zero attached hydrogens (tertiary/aromatic N) is 6. The minimum Gasteiger partial charge on any atom is -0.328 e. The maximum absolute atomic E-state index is 13.2. The number of aryl methyl sites for hydroxylation is 4. The number of pyridine rings is 1. The maximum atomic E-state index is 13.2. The second-order valence-corrected chi connectivity index (χ2v) is 9.89. The quantitative estimate of drug-likeness (QED) is 0.512. The van der Waals surface area contributed by atoms with E-state index in [9.17, 15) is 10.1 Å². The number of aromatic nitrogens is 4. The molecule has 0 bridgehead atoms. The van der Waals surface area contributed by atoms with E-state index in [0.717, 1.165) is 70.5 Å². The van der Waals surface area contributed by atoms with Crippen molar-refractivity contribution >= 4 is 22.5 Å². The lowest BCUT2D eigenvalue weighted by molar-refractivity contribution is -0.135. The number of amides is 1. The highest BCUT2D eigenvalue weighted by atomic mass is 16.2. The molecule has 7 heteroatoms. The van der Waals surface area contributed by atoms with Gasteiger partial charge in [-0.3, -0.25) is 4.79 Å². The Morgan fingerprint density at radius 3 is 2.64 bits per heavy atom. The van der Waals surface area contributed by atoms with Crippen molar-refractivity contribution in [2.45, 2.75) is 58.9 Å². The number of carbonyl (C=O) groups is 1. The third-order valence-electron chi connectivity index (χ3n) is 7.71. The van der Waals surface area contributed by atoms with E-state index in [1.165, 1.54) is 5.57 Å². The lowest BCUT2D eigenvalue weighted by Crippen LogP contribution is -2.39. The predicted molar refractivity (Wildman–Crippen MR) is 140 cm³/mol. The van der Waals surface area contributed by atoms with E-state index in [0.29, 0.717) is 18.7 Å². The number of rotatable bonds is 3. The van der Waals surface area contributed by atoms with Crippen LogP contribution in [0.25, 0.3) is 27.9 Å². The molecule has 3 aromatic heterocycles. The van der Waals surface area contributed by atoms with Crippen molar-refractivity contribution in [3.05, 3.63) is 46.7 Å². The second-order valence-electron chi connectivity index (χ2n) is 9.89. The lowest BCUT2D eigenvalue weighted by Gasteiger charge is -2.28. The SMILES string of the molecule is C#Cc1cc(C)c(-c2c(C3=CC[C@@H](C(=O)N4CCCC4C#N)CC3)c3c(C)ncnc3n2C)c(C)n1.